The SMILES string of the molecule is [Br][Zr]([Br])[CH](c1ccccc1)c1ccccc1. The molecule has 0 aromatic heterocycles. The van der Waals surface area contributed by atoms with E-state index >= 15 is 0 Å². The summed E-state index contributed by atoms with van der Waals surface area (Å²) in [6, 6.07) is 21.4. The number of hydrogen-bond donors (Lipinski definition) is 0. The summed E-state index contributed by atoms with van der Waals surface area (Å²) in [4.78, 5) is 0. The van der Waals surface area contributed by atoms with Crippen LogP contribution >= 0.6 is 24.4 Å². The van der Waals surface area contributed by atoms with Crippen molar-refractivity contribution in [2.75, 3.05) is 0 Å². The Hall–Kier alpha value is 0.283. The van der Waals surface area contributed by atoms with Crippen molar-refractivity contribution >= 4 is 24.4 Å². The fraction of sp³-hybridized carbons (Fsp3) is 0.0769. The summed E-state index contributed by atoms with van der Waals surface area (Å²) in [5.41, 5.74) is 2.80. The maximum atomic E-state index is 3.83. The molecular weight excluding hydrogens is 407 g/mol. The normalized spacial score (nSPS) is 10.4. The van der Waals surface area contributed by atoms with Crippen LogP contribution in [0.15, 0.2) is 60.7 Å². The molecule has 16 heavy (non-hydrogen) atoms. The summed E-state index contributed by atoms with van der Waals surface area (Å²) < 4.78 is 0.532. The van der Waals surface area contributed by atoms with Gasteiger partial charge in [0.25, 0.3) is 0 Å². The van der Waals surface area contributed by atoms with Crippen LogP contribution in [0, 0.1) is 0 Å². The summed E-state index contributed by atoms with van der Waals surface area (Å²) in [7, 11) is 0. The van der Waals surface area contributed by atoms with E-state index in [-0.39, 0.29) is 0 Å². The average Bonchev–Trinajstić information content (AvgIpc) is 2.31. The molecule has 0 unspecified atom stereocenters. The molecule has 81 valence electrons. The fourth-order valence-corrected chi connectivity index (χ4v) is 10.2. The van der Waals surface area contributed by atoms with Gasteiger partial charge in [-0.15, -0.1) is 0 Å². The Morgan fingerprint density at radius 1 is 0.688 bits per heavy atom. The van der Waals surface area contributed by atoms with Crippen LogP contribution in [0.5, 0.6) is 0 Å². The van der Waals surface area contributed by atoms with Crippen molar-refractivity contribution in [1.82, 2.24) is 0 Å². The standard InChI is InChI=1S/C13H11.2BrH.Zr/c1-3-7-12(8-4-1)11-13-9-5-2-6-10-13;;;/h1-11H;2*1H;/q;;;+2/p-2. The van der Waals surface area contributed by atoms with E-state index in [0.717, 1.165) is 0 Å². The molecule has 0 radical (unpaired) electrons. The number of rotatable bonds is 3. The average molecular weight is 418 g/mol. The maximum absolute atomic E-state index is 3.83. The summed E-state index contributed by atoms with van der Waals surface area (Å²) in [6.45, 7) is 0. The molecule has 2 aromatic rings. The van der Waals surface area contributed by atoms with Gasteiger partial charge in [0, 0.05) is 0 Å². The van der Waals surface area contributed by atoms with Crippen LogP contribution in [0.3, 0.4) is 0 Å². The second-order valence-corrected chi connectivity index (χ2v) is 22.8. The van der Waals surface area contributed by atoms with Crippen LogP contribution in [0.4, 0.5) is 0 Å². The number of halogens is 2. The second-order valence-electron chi connectivity index (χ2n) is 3.54. The Morgan fingerprint density at radius 2 is 1.06 bits per heavy atom. The van der Waals surface area contributed by atoms with Gasteiger partial charge >= 0.3 is 117 Å². The van der Waals surface area contributed by atoms with E-state index in [2.05, 4.69) is 85.1 Å². The molecule has 0 amide bonds. The molecule has 2 aromatic carbocycles. The third-order valence-corrected chi connectivity index (χ3v) is 10.6. The third-order valence-electron chi connectivity index (χ3n) is 2.48. The molecule has 0 aliphatic rings. The zero-order chi connectivity index (χ0) is 11.4. The van der Waals surface area contributed by atoms with Crippen LogP contribution in [0.2, 0.25) is 0 Å². The van der Waals surface area contributed by atoms with Gasteiger partial charge in [0.15, 0.2) is 0 Å². The van der Waals surface area contributed by atoms with Gasteiger partial charge in [-0.1, -0.05) is 0 Å². The molecule has 0 aliphatic carbocycles. The molecule has 0 bridgehead atoms. The molecule has 0 nitrogen and oxygen atoms in total. The first-order valence-corrected chi connectivity index (χ1v) is 17.7. The Labute approximate surface area is 116 Å². The van der Waals surface area contributed by atoms with Crippen molar-refractivity contribution in [3.63, 3.8) is 0 Å². The summed E-state index contributed by atoms with van der Waals surface area (Å²) in [5, 5.41) is 0. The quantitative estimate of drug-likeness (QED) is 0.657. The first kappa shape index (κ1) is 12.7. The Kier molecular flexibility index (Phi) is 5.00. The molecule has 0 spiro atoms. The van der Waals surface area contributed by atoms with Gasteiger partial charge in [0.1, 0.15) is 0 Å². The van der Waals surface area contributed by atoms with Crippen LogP contribution in [0.25, 0.3) is 0 Å². The van der Waals surface area contributed by atoms with Crippen LogP contribution in [-0.4, -0.2) is 0 Å². The molecule has 0 aliphatic heterocycles. The van der Waals surface area contributed by atoms with Gasteiger partial charge in [-0.05, 0) is 0 Å². The van der Waals surface area contributed by atoms with Crippen LogP contribution in [-0.2, 0) is 17.1 Å². The molecule has 0 saturated heterocycles. The van der Waals surface area contributed by atoms with E-state index in [1.165, 1.54) is 11.1 Å². The van der Waals surface area contributed by atoms with Crippen molar-refractivity contribution in [3.8, 4) is 0 Å². The van der Waals surface area contributed by atoms with Gasteiger partial charge in [0.2, 0.25) is 0 Å². The van der Waals surface area contributed by atoms with E-state index in [4.69, 9.17) is 0 Å². The molecule has 0 N–H and O–H groups in total. The minimum absolute atomic E-state index is 0.532. The van der Waals surface area contributed by atoms with Crippen molar-refractivity contribution in [1.29, 1.82) is 0 Å². The van der Waals surface area contributed by atoms with Gasteiger partial charge < -0.3 is 0 Å². The third kappa shape index (κ3) is 3.15. The van der Waals surface area contributed by atoms with E-state index in [9.17, 15) is 0 Å². The zero-order valence-corrected chi connectivity index (χ0v) is 14.2. The molecule has 0 fully saturated rings. The molecule has 2 rings (SSSR count). The van der Waals surface area contributed by atoms with Crippen molar-refractivity contribution in [3.05, 3.63) is 71.8 Å². The molecule has 0 saturated carbocycles. The topological polar surface area (TPSA) is 0 Å². The fourth-order valence-electron chi connectivity index (χ4n) is 1.74. The predicted molar refractivity (Wildman–Crippen MR) is 72.6 cm³/mol. The first-order valence-electron chi connectivity index (χ1n) is 5.07. The zero-order valence-electron chi connectivity index (χ0n) is 8.61. The molecule has 0 heterocycles. The van der Waals surface area contributed by atoms with Crippen molar-refractivity contribution < 1.29 is 17.1 Å². The number of hydrogen-bond acceptors (Lipinski definition) is 0. The Morgan fingerprint density at radius 3 is 1.38 bits per heavy atom. The van der Waals surface area contributed by atoms with Crippen molar-refractivity contribution in [2.45, 2.75) is 3.63 Å². The monoisotopic (exact) mass is 415 g/mol. The minimum atomic E-state index is -1.68. The van der Waals surface area contributed by atoms with Crippen LogP contribution in [0.1, 0.15) is 14.8 Å². The van der Waals surface area contributed by atoms with E-state index in [1.807, 2.05) is 0 Å². The molecule has 3 heteroatoms. The first-order chi connectivity index (χ1) is 7.79. The van der Waals surface area contributed by atoms with Gasteiger partial charge in [-0.2, -0.15) is 0 Å². The van der Waals surface area contributed by atoms with Crippen LogP contribution < -0.4 is 0 Å². The molecule has 0 atom stereocenters. The predicted octanol–water partition coefficient (Wildman–Crippen LogP) is 5.01. The summed E-state index contributed by atoms with van der Waals surface area (Å²) >= 11 is 5.98. The molecular formula is C13H11Br2Zr. The van der Waals surface area contributed by atoms with Gasteiger partial charge in [-0.25, -0.2) is 0 Å². The van der Waals surface area contributed by atoms with Gasteiger partial charge in [-0.3, -0.25) is 0 Å². The van der Waals surface area contributed by atoms with Gasteiger partial charge in [0.05, 0.1) is 0 Å². The Bertz CT molecular complexity index is 389. The van der Waals surface area contributed by atoms with E-state index in [1.54, 1.807) is 0 Å². The summed E-state index contributed by atoms with van der Waals surface area (Å²) in [5.74, 6) is 0. The second kappa shape index (κ2) is 6.28. The van der Waals surface area contributed by atoms with E-state index in [0.29, 0.717) is 3.63 Å². The number of benzene rings is 2. The van der Waals surface area contributed by atoms with Crippen molar-refractivity contribution in [2.24, 2.45) is 0 Å². The van der Waals surface area contributed by atoms with E-state index < -0.39 is 17.1 Å². The summed E-state index contributed by atoms with van der Waals surface area (Å²) in [6.07, 6.45) is 0. The Balaban J connectivity index is 2.40.